The molecule has 6 rings (SSSR count). The van der Waals surface area contributed by atoms with Crippen molar-refractivity contribution in [2.45, 2.75) is 52.1 Å². The number of carbonyl (C=O) groups is 1. The maximum absolute atomic E-state index is 12.7. The van der Waals surface area contributed by atoms with E-state index >= 15 is 0 Å². The van der Waals surface area contributed by atoms with Gasteiger partial charge in [-0.1, -0.05) is 6.07 Å². The van der Waals surface area contributed by atoms with Crippen molar-refractivity contribution in [2.24, 2.45) is 0 Å². The van der Waals surface area contributed by atoms with Gasteiger partial charge in [-0.05, 0) is 88.1 Å². The third kappa shape index (κ3) is 5.91. The Morgan fingerprint density at radius 2 is 1.90 bits per heavy atom. The van der Waals surface area contributed by atoms with E-state index in [0.29, 0.717) is 18.8 Å². The fraction of sp³-hybridized carbons (Fsp3) is 0.323. The third-order valence-electron chi connectivity index (χ3n) is 7.12. The van der Waals surface area contributed by atoms with Gasteiger partial charge >= 0.3 is 6.09 Å². The molecule has 0 radical (unpaired) electrons. The van der Waals surface area contributed by atoms with Gasteiger partial charge < -0.3 is 19.7 Å². The van der Waals surface area contributed by atoms with Crippen LogP contribution in [0, 0.1) is 6.92 Å². The van der Waals surface area contributed by atoms with Crippen LogP contribution in [0.2, 0.25) is 0 Å². The van der Waals surface area contributed by atoms with Crippen molar-refractivity contribution in [3.8, 4) is 11.5 Å². The first-order valence-corrected chi connectivity index (χ1v) is 13.8. The standard InChI is InChI=1S/C31H33N7O3/c1-20-14-23(8-10-27(20)40-24-11-13-38-28(16-24)33-19-35-38)36-29-25-15-21(7-9-26(25)32-18-34-29)22-6-5-12-37(17-22)30(39)41-31(2,3)4/h7-11,13-16,18-19,22H,5-6,12,17H2,1-4H3,(H,32,34,36)/t22-/m1/s1. The van der Waals surface area contributed by atoms with Crippen molar-refractivity contribution < 1.29 is 14.3 Å². The smallest absolute Gasteiger partial charge is 0.410 e. The van der Waals surface area contributed by atoms with Gasteiger partial charge in [0.05, 0.1) is 5.52 Å². The van der Waals surface area contributed by atoms with E-state index < -0.39 is 5.60 Å². The largest absolute Gasteiger partial charge is 0.457 e. The number of likely N-dealkylation sites (tertiary alicyclic amines) is 1. The molecule has 5 aromatic rings. The van der Waals surface area contributed by atoms with Gasteiger partial charge in [-0.25, -0.2) is 24.3 Å². The van der Waals surface area contributed by atoms with Crippen molar-refractivity contribution in [1.82, 2.24) is 29.5 Å². The van der Waals surface area contributed by atoms with E-state index in [4.69, 9.17) is 9.47 Å². The average Bonchev–Trinajstić information content (AvgIpc) is 3.42. The van der Waals surface area contributed by atoms with E-state index in [1.165, 1.54) is 6.33 Å². The Labute approximate surface area is 238 Å². The van der Waals surface area contributed by atoms with E-state index in [2.05, 4.69) is 37.5 Å². The lowest BCUT2D eigenvalue weighted by Crippen LogP contribution is -2.42. The first-order chi connectivity index (χ1) is 19.7. The Bertz CT molecular complexity index is 1730. The number of amides is 1. The Balaban J connectivity index is 1.20. The zero-order valence-electron chi connectivity index (χ0n) is 23.7. The highest BCUT2D eigenvalue weighted by molar-refractivity contribution is 5.91. The molecular formula is C31H33N7O3. The second-order valence-corrected chi connectivity index (χ2v) is 11.4. The Morgan fingerprint density at radius 1 is 1.02 bits per heavy atom. The number of hydrogen-bond donors (Lipinski definition) is 1. The van der Waals surface area contributed by atoms with E-state index in [1.807, 2.05) is 75.2 Å². The van der Waals surface area contributed by atoms with Crippen molar-refractivity contribution in [1.29, 1.82) is 0 Å². The van der Waals surface area contributed by atoms with Gasteiger partial charge in [0.25, 0.3) is 0 Å². The summed E-state index contributed by atoms with van der Waals surface area (Å²) in [5.41, 5.74) is 4.08. The second-order valence-electron chi connectivity index (χ2n) is 11.4. The number of aryl methyl sites for hydroxylation is 1. The van der Waals surface area contributed by atoms with Crippen molar-refractivity contribution in [3.05, 3.63) is 78.5 Å². The predicted molar refractivity (Wildman–Crippen MR) is 157 cm³/mol. The fourth-order valence-corrected chi connectivity index (χ4v) is 5.13. The number of anilines is 2. The maximum atomic E-state index is 12.7. The normalized spacial score (nSPS) is 15.7. The summed E-state index contributed by atoms with van der Waals surface area (Å²) >= 11 is 0. The zero-order chi connectivity index (χ0) is 28.6. The summed E-state index contributed by atoms with van der Waals surface area (Å²) in [6.45, 7) is 9.03. The highest BCUT2D eigenvalue weighted by Gasteiger charge is 2.28. The Hall–Kier alpha value is -4.73. The molecule has 3 aromatic heterocycles. The lowest BCUT2D eigenvalue weighted by Gasteiger charge is -2.34. The lowest BCUT2D eigenvalue weighted by molar-refractivity contribution is 0.0198. The van der Waals surface area contributed by atoms with Crippen LogP contribution in [0.1, 0.15) is 50.7 Å². The van der Waals surface area contributed by atoms with Crippen LogP contribution in [0.25, 0.3) is 16.6 Å². The van der Waals surface area contributed by atoms with Crippen LogP contribution in [0.15, 0.2) is 67.4 Å². The molecule has 1 saturated heterocycles. The SMILES string of the molecule is Cc1cc(Nc2ncnc3ccc([C@@H]4CCCN(C(=O)OC(C)(C)C)C4)cc23)ccc1Oc1ccn2ncnc2c1. The van der Waals surface area contributed by atoms with Crippen molar-refractivity contribution >= 4 is 34.1 Å². The number of rotatable bonds is 5. The summed E-state index contributed by atoms with van der Waals surface area (Å²) in [5, 5.41) is 8.52. The molecular weight excluding hydrogens is 518 g/mol. The molecule has 1 fully saturated rings. The number of benzene rings is 2. The molecule has 0 bridgehead atoms. The van der Waals surface area contributed by atoms with Gasteiger partial charge in [0, 0.05) is 42.3 Å². The predicted octanol–water partition coefficient (Wildman–Crippen LogP) is 6.63. The number of pyridine rings is 1. The summed E-state index contributed by atoms with van der Waals surface area (Å²) in [7, 11) is 0. The molecule has 0 unspecified atom stereocenters. The molecule has 0 aliphatic carbocycles. The van der Waals surface area contributed by atoms with Crippen LogP contribution in [-0.2, 0) is 4.74 Å². The number of nitrogens with one attached hydrogen (secondary N) is 1. The summed E-state index contributed by atoms with van der Waals surface area (Å²) in [4.78, 5) is 27.8. The van der Waals surface area contributed by atoms with Crippen LogP contribution in [-0.4, -0.2) is 54.2 Å². The molecule has 1 amide bonds. The van der Waals surface area contributed by atoms with Crippen LogP contribution < -0.4 is 10.1 Å². The van der Waals surface area contributed by atoms with Gasteiger partial charge in [-0.3, -0.25) is 0 Å². The van der Waals surface area contributed by atoms with Gasteiger partial charge in [0.1, 0.15) is 35.6 Å². The van der Waals surface area contributed by atoms with Crippen molar-refractivity contribution in [2.75, 3.05) is 18.4 Å². The number of ether oxygens (including phenoxy) is 2. The van der Waals surface area contributed by atoms with Gasteiger partial charge in [0.15, 0.2) is 5.65 Å². The van der Waals surface area contributed by atoms with Crippen LogP contribution in [0.4, 0.5) is 16.3 Å². The highest BCUT2D eigenvalue weighted by atomic mass is 16.6. The molecule has 210 valence electrons. The summed E-state index contributed by atoms with van der Waals surface area (Å²) in [5.74, 6) is 2.38. The van der Waals surface area contributed by atoms with E-state index in [0.717, 1.165) is 57.8 Å². The maximum Gasteiger partial charge on any atom is 0.410 e. The fourth-order valence-electron chi connectivity index (χ4n) is 5.13. The molecule has 1 N–H and O–H groups in total. The monoisotopic (exact) mass is 551 g/mol. The Kier molecular flexibility index (Phi) is 6.90. The number of piperidine rings is 1. The number of nitrogens with zero attached hydrogens (tertiary/aromatic N) is 6. The first kappa shape index (κ1) is 26.5. The summed E-state index contributed by atoms with van der Waals surface area (Å²) in [6.07, 6.45) is 6.58. The molecule has 10 heteroatoms. The minimum absolute atomic E-state index is 0.212. The third-order valence-corrected chi connectivity index (χ3v) is 7.12. The second kappa shape index (κ2) is 10.7. The van der Waals surface area contributed by atoms with Crippen LogP contribution >= 0.6 is 0 Å². The average molecular weight is 552 g/mol. The summed E-state index contributed by atoms with van der Waals surface area (Å²) in [6, 6.07) is 15.9. The minimum atomic E-state index is -0.514. The van der Waals surface area contributed by atoms with Crippen LogP contribution in [0.5, 0.6) is 11.5 Å². The van der Waals surface area contributed by atoms with Gasteiger partial charge in [-0.15, -0.1) is 0 Å². The highest BCUT2D eigenvalue weighted by Crippen LogP contribution is 2.33. The molecule has 2 aromatic carbocycles. The molecule has 0 saturated carbocycles. The first-order valence-electron chi connectivity index (χ1n) is 13.8. The van der Waals surface area contributed by atoms with Gasteiger partial charge in [-0.2, -0.15) is 5.10 Å². The van der Waals surface area contributed by atoms with E-state index in [9.17, 15) is 4.79 Å². The van der Waals surface area contributed by atoms with Crippen molar-refractivity contribution in [3.63, 3.8) is 0 Å². The molecule has 4 heterocycles. The molecule has 10 nitrogen and oxygen atoms in total. The van der Waals surface area contributed by atoms with E-state index in [1.54, 1.807) is 10.8 Å². The van der Waals surface area contributed by atoms with E-state index in [-0.39, 0.29) is 12.0 Å². The summed E-state index contributed by atoms with van der Waals surface area (Å²) < 4.78 is 13.4. The Morgan fingerprint density at radius 3 is 2.73 bits per heavy atom. The van der Waals surface area contributed by atoms with Gasteiger partial charge in [0.2, 0.25) is 0 Å². The van der Waals surface area contributed by atoms with Crippen LogP contribution in [0.3, 0.4) is 0 Å². The topological polar surface area (TPSA) is 107 Å². The molecule has 41 heavy (non-hydrogen) atoms. The zero-order valence-corrected chi connectivity index (χ0v) is 23.7. The molecule has 1 atom stereocenters. The number of carbonyl (C=O) groups excluding carboxylic acids is 1. The minimum Gasteiger partial charge on any atom is -0.457 e. The molecule has 0 spiro atoms. The lowest BCUT2D eigenvalue weighted by atomic mass is 9.90. The quantitative estimate of drug-likeness (QED) is 0.259. The number of fused-ring (bicyclic) bond motifs is 2. The molecule has 1 aliphatic heterocycles. The number of hydrogen-bond acceptors (Lipinski definition) is 8. The number of aromatic nitrogens is 5. The molecule has 1 aliphatic rings.